The molecular formula is C47H82N2O15. The van der Waals surface area contributed by atoms with Crippen LogP contribution in [0.3, 0.4) is 0 Å². The summed E-state index contributed by atoms with van der Waals surface area (Å²) in [5, 5.41) is 15.7. The van der Waals surface area contributed by atoms with Gasteiger partial charge in [-0.1, -0.05) is 89.9 Å². The van der Waals surface area contributed by atoms with Crippen LogP contribution in [0, 0.1) is 0 Å². The fraction of sp³-hybridized carbons (Fsp3) is 0.851. The van der Waals surface area contributed by atoms with Crippen LogP contribution in [0.5, 0.6) is 0 Å². The average molecular weight is 915 g/mol. The number of ketones is 1. The topological polar surface area (TPSA) is 228 Å². The molecule has 1 aliphatic heterocycles. The maximum Gasteiger partial charge on any atom is 0.407 e. The molecule has 1 heterocycles. The molecule has 0 aromatic carbocycles. The molecule has 0 aromatic rings. The number of hydrogen-bond donors (Lipinski definition) is 3. The Morgan fingerprint density at radius 1 is 0.547 bits per heavy atom. The summed E-state index contributed by atoms with van der Waals surface area (Å²) in [7, 11) is 0. The van der Waals surface area contributed by atoms with Gasteiger partial charge in [-0.25, -0.2) is 4.79 Å². The van der Waals surface area contributed by atoms with Crippen molar-refractivity contribution in [1.29, 1.82) is 0 Å². The number of rotatable bonds is 35. The second kappa shape index (κ2) is 34.5. The van der Waals surface area contributed by atoms with E-state index >= 15 is 0 Å². The molecule has 17 heteroatoms. The molecule has 9 atom stereocenters. The number of alkyl carbamates (subject to hydrolysis) is 1. The summed E-state index contributed by atoms with van der Waals surface area (Å²) in [5.41, 5.74) is 0. The van der Waals surface area contributed by atoms with Crippen molar-refractivity contribution >= 4 is 41.7 Å². The number of Topliss-reactive ketones (excluding diaryl/α,β-unsaturated/α-hetero) is 1. The molecule has 0 saturated carbocycles. The molecule has 3 N–H and O–H groups in total. The normalized spacial score (nSPS) is 20.2. The molecule has 1 rings (SSSR count). The Labute approximate surface area is 381 Å². The lowest BCUT2D eigenvalue weighted by atomic mass is 9.97. The molecule has 64 heavy (non-hydrogen) atoms. The predicted octanol–water partition coefficient (Wildman–Crippen LogP) is 7.24. The first-order valence-corrected chi connectivity index (χ1v) is 23.8. The molecular weight excluding hydrogens is 833 g/mol. The second-order valence-corrected chi connectivity index (χ2v) is 17.0. The summed E-state index contributed by atoms with van der Waals surface area (Å²) >= 11 is 0. The van der Waals surface area contributed by atoms with Crippen LogP contribution in [0.2, 0.25) is 0 Å². The first-order chi connectivity index (χ1) is 30.5. The van der Waals surface area contributed by atoms with Gasteiger partial charge in [0.15, 0.2) is 24.6 Å². The number of aliphatic hydroxyl groups is 1. The first kappa shape index (κ1) is 58.2. The molecule has 0 aromatic heterocycles. The van der Waals surface area contributed by atoms with Gasteiger partial charge in [-0.05, 0) is 52.9 Å². The Bertz CT molecular complexity index is 1380. The number of carbonyl (C=O) groups is 7. The van der Waals surface area contributed by atoms with Gasteiger partial charge in [-0.15, -0.1) is 0 Å². The van der Waals surface area contributed by atoms with Gasteiger partial charge in [0.2, 0.25) is 5.91 Å². The number of amides is 2. The first-order valence-electron chi connectivity index (χ1n) is 23.8. The summed E-state index contributed by atoms with van der Waals surface area (Å²) in [6.07, 6.45) is 12.2. The summed E-state index contributed by atoms with van der Waals surface area (Å²) in [6.45, 7) is 11.3. The quantitative estimate of drug-likeness (QED) is 0.0324. The van der Waals surface area contributed by atoms with Crippen molar-refractivity contribution in [2.45, 2.75) is 245 Å². The molecule has 370 valence electrons. The zero-order valence-corrected chi connectivity index (χ0v) is 40.1. The molecule has 0 aliphatic carbocycles. The van der Waals surface area contributed by atoms with Gasteiger partial charge >= 0.3 is 30.0 Å². The highest BCUT2D eigenvalue weighted by Crippen LogP contribution is 2.31. The van der Waals surface area contributed by atoms with Crippen molar-refractivity contribution < 1.29 is 71.8 Å². The zero-order valence-electron chi connectivity index (χ0n) is 40.1. The minimum Gasteiger partial charge on any atom is -0.460 e. The highest BCUT2D eigenvalue weighted by atomic mass is 16.7. The number of ether oxygens (including phenoxy) is 7. The molecule has 1 saturated heterocycles. The van der Waals surface area contributed by atoms with Crippen LogP contribution in [0.4, 0.5) is 4.79 Å². The molecule has 1 fully saturated rings. The van der Waals surface area contributed by atoms with Gasteiger partial charge in [0, 0.05) is 47.5 Å². The van der Waals surface area contributed by atoms with Crippen molar-refractivity contribution in [2.75, 3.05) is 13.2 Å². The van der Waals surface area contributed by atoms with E-state index in [0.717, 1.165) is 97.3 Å². The van der Waals surface area contributed by atoms with Crippen LogP contribution in [-0.2, 0) is 61.9 Å². The van der Waals surface area contributed by atoms with Crippen LogP contribution in [-0.4, -0.2) is 115 Å². The van der Waals surface area contributed by atoms with Gasteiger partial charge in [-0.2, -0.15) is 0 Å². The van der Waals surface area contributed by atoms with E-state index in [1.807, 2.05) is 0 Å². The summed E-state index contributed by atoms with van der Waals surface area (Å²) in [5.74, 6) is -2.44. The molecule has 0 spiro atoms. The Morgan fingerprint density at radius 2 is 0.969 bits per heavy atom. The van der Waals surface area contributed by atoms with Crippen molar-refractivity contribution in [1.82, 2.24) is 10.6 Å². The molecule has 2 amide bonds. The van der Waals surface area contributed by atoms with E-state index in [1.54, 1.807) is 20.8 Å². The molecule has 0 radical (unpaired) electrons. The zero-order chi connectivity index (χ0) is 47.9. The fourth-order valence-electron chi connectivity index (χ4n) is 7.97. The van der Waals surface area contributed by atoms with Gasteiger partial charge < -0.3 is 48.9 Å². The van der Waals surface area contributed by atoms with E-state index in [0.29, 0.717) is 31.5 Å². The Morgan fingerprint density at radius 3 is 1.41 bits per heavy atom. The smallest absolute Gasteiger partial charge is 0.407 e. The van der Waals surface area contributed by atoms with Crippen molar-refractivity contribution in [2.24, 2.45) is 0 Å². The Balaban J connectivity index is 2.32. The van der Waals surface area contributed by atoms with E-state index in [1.165, 1.54) is 46.5 Å². The number of carbonyl (C=O) groups excluding carboxylic acids is 7. The average Bonchev–Trinajstić information content (AvgIpc) is 3.20. The van der Waals surface area contributed by atoms with Crippen LogP contribution in [0.25, 0.3) is 0 Å². The number of unbranched alkanes of at least 4 members (excludes halogenated alkanes) is 15. The van der Waals surface area contributed by atoms with Crippen molar-refractivity contribution in [3.05, 3.63) is 0 Å². The van der Waals surface area contributed by atoms with Gasteiger partial charge in [0.05, 0.1) is 31.4 Å². The van der Waals surface area contributed by atoms with Crippen molar-refractivity contribution in [3.63, 3.8) is 0 Å². The standard InChI is InChI=1S/C47H82N2O15/c1-9-58-47(57)49-33(3)40(59-35(5)52)29-25-22-18-20-24-28-39(56)27-23-19-16-14-12-10-11-13-15-17-21-26-30-41(32(2)48-34(4)51)63-46-45(62-38(8)55)44(61-37(7)54)43(60-36(6)53)42(31-50)64-46/h32-33,40-46,50H,9-31H2,1-8H3,(H,48,51)(H,49,57)/t32-,33-,40-,41-,42-,43+,44+,45-,46-/m1/s1. The number of aliphatic hydroxyl groups excluding tert-OH is 1. The van der Waals surface area contributed by atoms with Crippen LogP contribution < -0.4 is 10.6 Å². The van der Waals surface area contributed by atoms with Gasteiger partial charge in [-0.3, -0.25) is 28.8 Å². The maximum absolute atomic E-state index is 12.4. The summed E-state index contributed by atoms with van der Waals surface area (Å²) in [4.78, 5) is 83.8. The predicted molar refractivity (Wildman–Crippen MR) is 238 cm³/mol. The van der Waals surface area contributed by atoms with E-state index in [4.69, 9.17) is 33.2 Å². The maximum atomic E-state index is 12.4. The Kier molecular flexibility index (Phi) is 31.4. The molecule has 0 unspecified atom stereocenters. The van der Waals surface area contributed by atoms with E-state index in [-0.39, 0.29) is 24.5 Å². The lowest BCUT2D eigenvalue weighted by molar-refractivity contribution is -0.318. The monoisotopic (exact) mass is 915 g/mol. The van der Waals surface area contributed by atoms with E-state index in [2.05, 4.69) is 10.6 Å². The SMILES string of the molecule is CCOC(=O)N[C@H](C)[C@@H](CCCCCCCC(=O)CCCCCCCCCCCCCC[C@@H](O[C@@H]1O[C@H](CO)[C@H](OC(C)=O)[C@H](OC(C)=O)[C@H]1OC(C)=O)[C@@H](C)NC(C)=O)OC(C)=O. The second-order valence-electron chi connectivity index (χ2n) is 17.0. The third-order valence-electron chi connectivity index (χ3n) is 11.1. The summed E-state index contributed by atoms with van der Waals surface area (Å²) < 4.78 is 39.0. The highest BCUT2D eigenvalue weighted by molar-refractivity contribution is 5.78. The number of hydrogen-bond acceptors (Lipinski definition) is 15. The van der Waals surface area contributed by atoms with Crippen molar-refractivity contribution in [3.8, 4) is 0 Å². The minimum atomic E-state index is -1.32. The van der Waals surface area contributed by atoms with Gasteiger partial charge in [0.25, 0.3) is 0 Å². The third kappa shape index (κ3) is 26.8. The van der Waals surface area contributed by atoms with Crippen LogP contribution >= 0.6 is 0 Å². The highest BCUT2D eigenvalue weighted by Gasteiger charge is 2.53. The van der Waals surface area contributed by atoms with Crippen LogP contribution in [0.1, 0.15) is 190 Å². The van der Waals surface area contributed by atoms with E-state index < -0.39 is 79.6 Å². The minimum absolute atomic E-state index is 0.255. The lowest BCUT2D eigenvalue weighted by Gasteiger charge is -2.45. The number of nitrogens with one attached hydrogen (secondary N) is 2. The van der Waals surface area contributed by atoms with Crippen LogP contribution in [0.15, 0.2) is 0 Å². The molecule has 0 bridgehead atoms. The third-order valence-corrected chi connectivity index (χ3v) is 11.1. The fourth-order valence-corrected chi connectivity index (χ4v) is 7.97. The van der Waals surface area contributed by atoms with Gasteiger partial charge in [0.1, 0.15) is 18.0 Å². The molecule has 1 aliphatic rings. The van der Waals surface area contributed by atoms with E-state index in [9.17, 15) is 38.7 Å². The Hall–Kier alpha value is -3.83. The number of esters is 4. The lowest BCUT2D eigenvalue weighted by Crippen LogP contribution is -2.63. The largest absolute Gasteiger partial charge is 0.460 e. The molecule has 17 nitrogen and oxygen atoms in total. The summed E-state index contributed by atoms with van der Waals surface area (Å²) in [6, 6.07) is -0.806.